The van der Waals surface area contributed by atoms with Crippen molar-refractivity contribution < 1.29 is 9.47 Å². The van der Waals surface area contributed by atoms with Crippen molar-refractivity contribution in [2.45, 2.75) is 11.4 Å². The average Bonchev–Trinajstić information content (AvgIpc) is 3.16. The maximum atomic E-state index is 5.41. The van der Waals surface area contributed by atoms with Crippen molar-refractivity contribution in [2.75, 3.05) is 31.4 Å². The van der Waals surface area contributed by atoms with Gasteiger partial charge in [0.2, 0.25) is 0 Å². The van der Waals surface area contributed by atoms with Crippen LogP contribution in [0.2, 0.25) is 0 Å². The highest BCUT2D eigenvalue weighted by atomic mass is 32.2. The molecule has 2 aromatic carbocycles. The Balaban J connectivity index is 1.56. The molecule has 1 aliphatic heterocycles. The molecule has 26 heavy (non-hydrogen) atoms. The summed E-state index contributed by atoms with van der Waals surface area (Å²) in [5, 5.41) is 3.15. The van der Waals surface area contributed by atoms with E-state index in [1.807, 2.05) is 30.0 Å². The fourth-order valence-electron chi connectivity index (χ4n) is 3.07. The summed E-state index contributed by atoms with van der Waals surface area (Å²) in [6, 6.07) is 14.5. The van der Waals surface area contributed by atoms with Crippen LogP contribution in [0.15, 0.2) is 52.7 Å². The number of aromatic nitrogens is 1. The summed E-state index contributed by atoms with van der Waals surface area (Å²) in [6.07, 6.45) is 0. The van der Waals surface area contributed by atoms with E-state index in [-0.39, 0.29) is 0 Å². The van der Waals surface area contributed by atoms with E-state index in [0.717, 1.165) is 46.6 Å². The first-order valence-electron chi connectivity index (χ1n) is 8.42. The highest BCUT2D eigenvalue weighted by Gasteiger charge is 2.18. The van der Waals surface area contributed by atoms with Crippen molar-refractivity contribution in [3.63, 3.8) is 0 Å². The van der Waals surface area contributed by atoms with Crippen LogP contribution in [0.4, 0.5) is 5.69 Å². The normalized spacial score (nSPS) is 13.4. The van der Waals surface area contributed by atoms with Crippen LogP contribution in [0, 0.1) is 0 Å². The van der Waals surface area contributed by atoms with Crippen LogP contribution < -0.4 is 14.4 Å². The standard InChI is InChI=1S/C20H20N2O2S2/c1-23-17-8-7-14(11-18(17)24-2)20-21-15(13-26-20)12-22-9-10-25-19-6-4-3-5-16(19)22/h3-8,11,13H,9-10,12H2,1-2H3. The van der Waals surface area contributed by atoms with Gasteiger partial charge in [0, 0.05) is 28.1 Å². The van der Waals surface area contributed by atoms with Gasteiger partial charge in [0.05, 0.1) is 32.1 Å². The van der Waals surface area contributed by atoms with Gasteiger partial charge in [-0.1, -0.05) is 12.1 Å². The second-order valence-corrected chi connectivity index (χ2v) is 7.95. The third-order valence-electron chi connectivity index (χ3n) is 4.36. The molecule has 0 amide bonds. The van der Waals surface area contributed by atoms with Gasteiger partial charge in [0.15, 0.2) is 11.5 Å². The van der Waals surface area contributed by atoms with E-state index < -0.39 is 0 Å². The van der Waals surface area contributed by atoms with Crippen LogP contribution in [0.5, 0.6) is 11.5 Å². The molecule has 1 aliphatic rings. The van der Waals surface area contributed by atoms with Gasteiger partial charge in [-0.05, 0) is 30.3 Å². The molecule has 2 heterocycles. The minimum atomic E-state index is 0.726. The molecular formula is C20H20N2O2S2. The molecule has 134 valence electrons. The second-order valence-electron chi connectivity index (χ2n) is 5.95. The SMILES string of the molecule is COc1ccc(-c2nc(CN3CCSc4ccccc43)cs2)cc1OC. The zero-order chi connectivity index (χ0) is 17.9. The molecule has 0 spiro atoms. The quantitative estimate of drug-likeness (QED) is 0.622. The molecule has 3 aromatic rings. The molecule has 0 bridgehead atoms. The maximum Gasteiger partial charge on any atom is 0.161 e. The van der Waals surface area contributed by atoms with E-state index in [2.05, 4.69) is 34.5 Å². The minimum Gasteiger partial charge on any atom is -0.493 e. The van der Waals surface area contributed by atoms with Gasteiger partial charge in [-0.3, -0.25) is 0 Å². The second kappa shape index (κ2) is 7.60. The summed E-state index contributed by atoms with van der Waals surface area (Å²) >= 11 is 3.59. The number of nitrogens with zero attached hydrogens (tertiary/aromatic N) is 2. The number of para-hydroxylation sites is 1. The van der Waals surface area contributed by atoms with E-state index in [1.165, 1.54) is 10.6 Å². The number of thiazole rings is 1. The van der Waals surface area contributed by atoms with Gasteiger partial charge in [-0.25, -0.2) is 4.98 Å². The molecule has 0 saturated carbocycles. The lowest BCUT2D eigenvalue weighted by atomic mass is 10.2. The smallest absolute Gasteiger partial charge is 0.161 e. The van der Waals surface area contributed by atoms with Gasteiger partial charge in [0.1, 0.15) is 5.01 Å². The topological polar surface area (TPSA) is 34.6 Å². The van der Waals surface area contributed by atoms with Gasteiger partial charge < -0.3 is 14.4 Å². The van der Waals surface area contributed by atoms with Crippen molar-refractivity contribution >= 4 is 28.8 Å². The lowest BCUT2D eigenvalue weighted by Crippen LogP contribution is -2.28. The number of ether oxygens (including phenoxy) is 2. The molecule has 4 nitrogen and oxygen atoms in total. The van der Waals surface area contributed by atoms with Gasteiger partial charge in [-0.15, -0.1) is 23.1 Å². The monoisotopic (exact) mass is 384 g/mol. The van der Waals surface area contributed by atoms with Crippen molar-refractivity contribution in [3.8, 4) is 22.1 Å². The minimum absolute atomic E-state index is 0.726. The third-order valence-corrected chi connectivity index (χ3v) is 6.34. The number of methoxy groups -OCH3 is 2. The lowest BCUT2D eigenvalue weighted by Gasteiger charge is -2.30. The fourth-order valence-corrected chi connectivity index (χ4v) is 4.93. The van der Waals surface area contributed by atoms with Crippen LogP contribution in [0.1, 0.15) is 5.69 Å². The number of hydrogen-bond donors (Lipinski definition) is 0. The number of anilines is 1. The summed E-state index contributed by atoms with van der Waals surface area (Å²) in [6.45, 7) is 1.88. The summed E-state index contributed by atoms with van der Waals surface area (Å²) in [4.78, 5) is 8.62. The van der Waals surface area contributed by atoms with Crippen LogP contribution in [0.3, 0.4) is 0 Å². The number of thioether (sulfide) groups is 1. The molecule has 0 atom stereocenters. The fraction of sp³-hybridized carbons (Fsp3) is 0.250. The Bertz CT molecular complexity index is 910. The van der Waals surface area contributed by atoms with Crippen LogP contribution in [-0.2, 0) is 6.54 Å². The lowest BCUT2D eigenvalue weighted by molar-refractivity contribution is 0.355. The van der Waals surface area contributed by atoms with E-state index in [1.54, 1.807) is 25.6 Å². The zero-order valence-corrected chi connectivity index (χ0v) is 16.4. The number of rotatable bonds is 5. The van der Waals surface area contributed by atoms with Crippen molar-refractivity contribution in [1.82, 2.24) is 4.98 Å². The molecule has 1 aromatic heterocycles. The van der Waals surface area contributed by atoms with Crippen molar-refractivity contribution in [3.05, 3.63) is 53.5 Å². The summed E-state index contributed by atoms with van der Waals surface area (Å²) in [5.41, 5.74) is 3.46. The average molecular weight is 385 g/mol. The number of benzene rings is 2. The maximum absolute atomic E-state index is 5.41. The molecule has 0 fully saturated rings. The number of hydrogen-bond acceptors (Lipinski definition) is 6. The first kappa shape index (κ1) is 17.2. The Hall–Kier alpha value is -2.18. The molecular weight excluding hydrogens is 364 g/mol. The Labute approximate surface area is 161 Å². The van der Waals surface area contributed by atoms with Crippen molar-refractivity contribution in [2.24, 2.45) is 0 Å². The summed E-state index contributed by atoms with van der Waals surface area (Å²) in [7, 11) is 3.30. The number of fused-ring (bicyclic) bond motifs is 1. The molecule has 0 N–H and O–H groups in total. The first-order valence-corrected chi connectivity index (χ1v) is 10.3. The molecule has 0 unspecified atom stereocenters. The predicted octanol–water partition coefficient (Wildman–Crippen LogP) is 4.94. The Morgan fingerprint density at radius 2 is 1.92 bits per heavy atom. The highest BCUT2D eigenvalue weighted by molar-refractivity contribution is 7.99. The van der Waals surface area contributed by atoms with Gasteiger partial charge >= 0.3 is 0 Å². The highest BCUT2D eigenvalue weighted by Crippen LogP contribution is 2.36. The first-order chi connectivity index (χ1) is 12.8. The molecule has 6 heteroatoms. The largest absolute Gasteiger partial charge is 0.493 e. The van der Waals surface area contributed by atoms with Crippen LogP contribution in [0.25, 0.3) is 10.6 Å². The third kappa shape index (κ3) is 3.39. The zero-order valence-electron chi connectivity index (χ0n) is 14.8. The molecule has 0 radical (unpaired) electrons. The Morgan fingerprint density at radius 3 is 2.77 bits per heavy atom. The van der Waals surface area contributed by atoms with Crippen LogP contribution in [-0.4, -0.2) is 31.5 Å². The van der Waals surface area contributed by atoms with E-state index in [9.17, 15) is 0 Å². The van der Waals surface area contributed by atoms with E-state index >= 15 is 0 Å². The van der Waals surface area contributed by atoms with Gasteiger partial charge in [0.25, 0.3) is 0 Å². The molecule has 0 aliphatic carbocycles. The van der Waals surface area contributed by atoms with E-state index in [4.69, 9.17) is 14.5 Å². The predicted molar refractivity (Wildman–Crippen MR) is 109 cm³/mol. The molecule has 4 rings (SSSR count). The summed E-state index contributed by atoms with van der Waals surface area (Å²) < 4.78 is 10.7. The van der Waals surface area contributed by atoms with E-state index in [0.29, 0.717) is 0 Å². The van der Waals surface area contributed by atoms with Crippen molar-refractivity contribution in [1.29, 1.82) is 0 Å². The Morgan fingerprint density at radius 1 is 1.08 bits per heavy atom. The van der Waals surface area contributed by atoms with Gasteiger partial charge in [-0.2, -0.15) is 0 Å². The van der Waals surface area contributed by atoms with Crippen LogP contribution >= 0.6 is 23.1 Å². The molecule has 0 saturated heterocycles. The Kier molecular flexibility index (Phi) is 5.04. The summed E-state index contributed by atoms with van der Waals surface area (Å²) in [5.74, 6) is 2.57.